The van der Waals surface area contributed by atoms with E-state index in [2.05, 4.69) is 43.4 Å². The van der Waals surface area contributed by atoms with Gasteiger partial charge in [0.1, 0.15) is 0 Å². The maximum absolute atomic E-state index is 10.1. The smallest absolute Gasteiger partial charge is 0.0914 e. The van der Waals surface area contributed by atoms with Gasteiger partial charge in [-0.3, -0.25) is 0 Å². The zero-order chi connectivity index (χ0) is 12.3. The summed E-state index contributed by atoms with van der Waals surface area (Å²) in [4.78, 5) is 0. The van der Waals surface area contributed by atoms with E-state index in [4.69, 9.17) is 0 Å². The van der Waals surface area contributed by atoms with Crippen LogP contribution in [0.5, 0.6) is 0 Å². The Hall–Kier alpha value is -0.900. The predicted molar refractivity (Wildman–Crippen MR) is 82.4 cm³/mol. The van der Waals surface area contributed by atoms with Gasteiger partial charge in [0.15, 0.2) is 0 Å². The zero-order valence-electron chi connectivity index (χ0n) is 10.8. The Bertz CT molecular complexity index is 499. The standard InChI is InChI=1S/C15H19NO.BrH/c1-11(2)16-10-15(17)14-8-7-12-5-3-4-6-13(12)9-14;/h3-9,11,15-17H,10H2,1-2H3;1H. The second kappa shape index (κ2) is 6.88. The SMILES string of the molecule is Br.CC(C)NCC(O)c1ccc2ccccc2c1. The summed E-state index contributed by atoms with van der Waals surface area (Å²) in [6.07, 6.45) is -0.443. The molecule has 0 aliphatic rings. The number of fused-ring (bicyclic) bond motifs is 1. The minimum Gasteiger partial charge on any atom is -0.387 e. The van der Waals surface area contributed by atoms with Gasteiger partial charge in [-0.2, -0.15) is 0 Å². The van der Waals surface area contributed by atoms with Gasteiger partial charge >= 0.3 is 0 Å². The lowest BCUT2D eigenvalue weighted by Crippen LogP contribution is -2.27. The van der Waals surface area contributed by atoms with E-state index in [-0.39, 0.29) is 17.0 Å². The van der Waals surface area contributed by atoms with Crippen LogP contribution in [0.15, 0.2) is 42.5 Å². The number of hydrogen-bond acceptors (Lipinski definition) is 2. The number of hydrogen-bond donors (Lipinski definition) is 2. The number of aliphatic hydroxyl groups is 1. The van der Waals surface area contributed by atoms with Gasteiger partial charge in [-0.1, -0.05) is 50.2 Å². The highest BCUT2D eigenvalue weighted by Crippen LogP contribution is 2.20. The second-order valence-electron chi connectivity index (χ2n) is 4.69. The van der Waals surface area contributed by atoms with Crippen LogP contribution in [-0.4, -0.2) is 17.7 Å². The lowest BCUT2D eigenvalue weighted by Gasteiger charge is -2.15. The maximum atomic E-state index is 10.1. The fraction of sp³-hybridized carbons (Fsp3) is 0.333. The van der Waals surface area contributed by atoms with Crippen LogP contribution in [0.2, 0.25) is 0 Å². The van der Waals surface area contributed by atoms with Crippen molar-refractivity contribution in [1.29, 1.82) is 0 Å². The highest BCUT2D eigenvalue weighted by molar-refractivity contribution is 8.93. The van der Waals surface area contributed by atoms with Gasteiger partial charge in [0.2, 0.25) is 0 Å². The van der Waals surface area contributed by atoms with Crippen LogP contribution in [0.25, 0.3) is 10.8 Å². The van der Waals surface area contributed by atoms with Crippen molar-refractivity contribution in [3.8, 4) is 0 Å². The summed E-state index contributed by atoms with van der Waals surface area (Å²) in [5.74, 6) is 0. The summed E-state index contributed by atoms with van der Waals surface area (Å²) in [6.45, 7) is 4.75. The molecule has 2 aromatic rings. The molecule has 0 saturated heterocycles. The molecule has 1 atom stereocenters. The van der Waals surface area contributed by atoms with E-state index in [1.165, 1.54) is 10.8 Å². The van der Waals surface area contributed by atoms with Crippen molar-refractivity contribution >= 4 is 27.8 Å². The predicted octanol–water partition coefficient (Wildman–Crippen LogP) is 3.45. The summed E-state index contributed by atoms with van der Waals surface area (Å²) in [5.41, 5.74) is 0.969. The van der Waals surface area contributed by atoms with E-state index >= 15 is 0 Å². The van der Waals surface area contributed by atoms with Crippen molar-refractivity contribution in [2.24, 2.45) is 0 Å². The number of rotatable bonds is 4. The molecule has 0 radical (unpaired) electrons. The van der Waals surface area contributed by atoms with Crippen LogP contribution >= 0.6 is 17.0 Å². The monoisotopic (exact) mass is 309 g/mol. The quantitative estimate of drug-likeness (QED) is 0.906. The lowest BCUT2D eigenvalue weighted by molar-refractivity contribution is 0.172. The van der Waals surface area contributed by atoms with Gasteiger partial charge in [0.25, 0.3) is 0 Å². The first kappa shape index (κ1) is 15.2. The third-order valence-corrected chi connectivity index (χ3v) is 2.88. The van der Waals surface area contributed by atoms with Crippen molar-refractivity contribution in [3.05, 3.63) is 48.0 Å². The normalized spacial score (nSPS) is 12.4. The molecule has 1 unspecified atom stereocenters. The summed E-state index contributed by atoms with van der Waals surface area (Å²) in [6, 6.07) is 14.7. The molecule has 0 aliphatic heterocycles. The maximum Gasteiger partial charge on any atom is 0.0914 e. The Morgan fingerprint density at radius 2 is 1.72 bits per heavy atom. The van der Waals surface area contributed by atoms with Crippen LogP contribution in [-0.2, 0) is 0 Å². The van der Waals surface area contributed by atoms with Crippen LogP contribution < -0.4 is 5.32 Å². The van der Waals surface area contributed by atoms with Gasteiger partial charge in [-0.25, -0.2) is 0 Å². The van der Waals surface area contributed by atoms with Crippen molar-refractivity contribution < 1.29 is 5.11 Å². The summed E-state index contributed by atoms with van der Waals surface area (Å²) >= 11 is 0. The fourth-order valence-corrected chi connectivity index (χ4v) is 1.88. The Balaban J connectivity index is 0.00000162. The average Bonchev–Trinajstić information content (AvgIpc) is 2.35. The lowest BCUT2D eigenvalue weighted by atomic mass is 10.0. The molecule has 3 heteroatoms. The average molecular weight is 310 g/mol. The van der Waals surface area contributed by atoms with Gasteiger partial charge < -0.3 is 10.4 Å². The van der Waals surface area contributed by atoms with Gasteiger partial charge in [-0.15, -0.1) is 17.0 Å². The molecule has 98 valence electrons. The number of nitrogens with one attached hydrogen (secondary N) is 1. The second-order valence-corrected chi connectivity index (χ2v) is 4.69. The third kappa shape index (κ3) is 3.80. The molecule has 0 amide bonds. The van der Waals surface area contributed by atoms with E-state index in [1.807, 2.05) is 18.2 Å². The van der Waals surface area contributed by atoms with Crippen molar-refractivity contribution in [1.82, 2.24) is 5.32 Å². The molecule has 0 saturated carbocycles. The van der Waals surface area contributed by atoms with Crippen LogP contribution in [0.3, 0.4) is 0 Å². The van der Waals surface area contributed by atoms with E-state index in [0.29, 0.717) is 12.6 Å². The molecule has 2 N–H and O–H groups in total. The molecule has 0 heterocycles. The number of benzene rings is 2. The Labute approximate surface area is 119 Å². The molecular weight excluding hydrogens is 290 g/mol. The van der Waals surface area contributed by atoms with E-state index in [9.17, 15) is 5.11 Å². The van der Waals surface area contributed by atoms with E-state index < -0.39 is 6.10 Å². The van der Waals surface area contributed by atoms with Crippen LogP contribution in [0.1, 0.15) is 25.5 Å². The van der Waals surface area contributed by atoms with Crippen LogP contribution in [0, 0.1) is 0 Å². The highest BCUT2D eigenvalue weighted by atomic mass is 79.9. The van der Waals surface area contributed by atoms with Crippen molar-refractivity contribution in [2.45, 2.75) is 26.0 Å². The first-order valence-corrected chi connectivity index (χ1v) is 6.07. The first-order valence-electron chi connectivity index (χ1n) is 6.07. The van der Waals surface area contributed by atoms with Crippen molar-refractivity contribution in [2.75, 3.05) is 6.54 Å². The Morgan fingerprint density at radius 3 is 2.39 bits per heavy atom. The summed E-state index contributed by atoms with van der Waals surface area (Å²) in [5, 5.41) is 15.7. The van der Waals surface area contributed by atoms with E-state index in [0.717, 1.165) is 5.56 Å². The third-order valence-electron chi connectivity index (χ3n) is 2.88. The molecule has 2 nitrogen and oxygen atoms in total. The number of aliphatic hydroxyl groups excluding tert-OH is 1. The molecule has 2 aromatic carbocycles. The largest absolute Gasteiger partial charge is 0.387 e. The van der Waals surface area contributed by atoms with E-state index in [1.54, 1.807) is 0 Å². The Morgan fingerprint density at radius 1 is 1.06 bits per heavy atom. The van der Waals surface area contributed by atoms with Gasteiger partial charge in [0.05, 0.1) is 6.10 Å². The molecule has 2 rings (SSSR count). The Kier molecular flexibility index (Phi) is 5.79. The fourth-order valence-electron chi connectivity index (χ4n) is 1.88. The minimum absolute atomic E-state index is 0. The minimum atomic E-state index is -0.443. The molecule has 0 fully saturated rings. The zero-order valence-corrected chi connectivity index (χ0v) is 12.5. The van der Waals surface area contributed by atoms with Gasteiger partial charge in [0, 0.05) is 12.6 Å². The first-order chi connectivity index (χ1) is 8.16. The molecule has 0 spiro atoms. The number of halogens is 1. The topological polar surface area (TPSA) is 32.3 Å². The molecular formula is C15H20BrNO. The highest BCUT2D eigenvalue weighted by Gasteiger charge is 2.08. The van der Waals surface area contributed by atoms with Crippen molar-refractivity contribution in [3.63, 3.8) is 0 Å². The summed E-state index contributed by atoms with van der Waals surface area (Å²) in [7, 11) is 0. The molecule has 18 heavy (non-hydrogen) atoms. The summed E-state index contributed by atoms with van der Waals surface area (Å²) < 4.78 is 0. The molecule has 0 aromatic heterocycles. The van der Waals surface area contributed by atoms with Crippen LogP contribution in [0.4, 0.5) is 0 Å². The molecule has 0 aliphatic carbocycles. The van der Waals surface area contributed by atoms with Gasteiger partial charge in [-0.05, 0) is 22.4 Å². The molecule has 0 bridgehead atoms.